The van der Waals surface area contributed by atoms with Crippen molar-refractivity contribution in [3.05, 3.63) is 34.9 Å². The van der Waals surface area contributed by atoms with Crippen LogP contribution in [0.15, 0.2) is 18.2 Å². The van der Waals surface area contributed by atoms with Gasteiger partial charge in [0.1, 0.15) is 0 Å². The summed E-state index contributed by atoms with van der Waals surface area (Å²) in [4.78, 5) is 23.2. The molecular weight excluding hydrogens is 228 g/mol. The Morgan fingerprint density at radius 1 is 1.33 bits per heavy atom. The van der Waals surface area contributed by atoms with Gasteiger partial charge in [0.05, 0.1) is 0 Å². The van der Waals surface area contributed by atoms with E-state index < -0.39 is 11.6 Å². The Hall–Kier alpha value is -1.64. The van der Waals surface area contributed by atoms with E-state index in [2.05, 4.69) is 13.0 Å². The number of ether oxygens (including phenoxy) is 1. The highest BCUT2D eigenvalue weighted by Gasteiger charge is 2.46. The number of ketones is 1. The molecule has 1 atom stereocenters. The quantitative estimate of drug-likeness (QED) is 0.770. The number of benzene rings is 1. The Bertz CT molecular complexity index is 504. The number of hydrogen-bond donors (Lipinski definition) is 0. The summed E-state index contributed by atoms with van der Waals surface area (Å²) in [5, 5.41) is 0. The summed E-state index contributed by atoms with van der Waals surface area (Å²) in [6, 6.07) is 6.06. The SMILES string of the molecule is CCc1ccc2c(c1)CCC2(OC(C)=O)C(C)=O. The summed E-state index contributed by atoms with van der Waals surface area (Å²) >= 11 is 0. The molecule has 1 aliphatic carbocycles. The average Bonchev–Trinajstić information content (AvgIpc) is 2.68. The first-order valence-electron chi connectivity index (χ1n) is 6.32. The Kier molecular flexibility index (Phi) is 3.24. The van der Waals surface area contributed by atoms with Gasteiger partial charge < -0.3 is 4.74 Å². The van der Waals surface area contributed by atoms with Crippen LogP contribution in [-0.4, -0.2) is 11.8 Å². The predicted molar refractivity (Wildman–Crippen MR) is 68.3 cm³/mol. The number of carbonyl (C=O) groups excluding carboxylic acids is 2. The fourth-order valence-electron chi connectivity index (χ4n) is 2.70. The maximum Gasteiger partial charge on any atom is 0.303 e. The second-order valence-corrected chi connectivity index (χ2v) is 4.82. The van der Waals surface area contributed by atoms with Gasteiger partial charge >= 0.3 is 5.97 Å². The van der Waals surface area contributed by atoms with Crippen LogP contribution in [0, 0.1) is 0 Å². The number of aryl methyl sites for hydroxylation is 2. The second kappa shape index (κ2) is 4.56. The van der Waals surface area contributed by atoms with Gasteiger partial charge in [-0.3, -0.25) is 9.59 Å². The zero-order chi connectivity index (χ0) is 13.3. The highest BCUT2D eigenvalue weighted by molar-refractivity contribution is 5.90. The van der Waals surface area contributed by atoms with Crippen LogP contribution in [-0.2, 0) is 32.8 Å². The molecule has 0 spiro atoms. The Labute approximate surface area is 107 Å². The van der Waals surface area contributed by atoms with Crippen molar-refractivity contribution >= 4 is 11.8 Å². The summed E-state index contributed by atoms with van der Waals surface area (Å²) in [6.45, 7) is 4.94. The molecule has 0 saturated heterocycles. The van der Waals surface area contributed by atoms with E-state index in [0.29, 0.717) is 6.42 Å². The zero-order valence-electron chi connectivity index (χ0n) is 11.1. The van der Waals surface area contributed by atoms with Crippen molar-refractivity contribution in [1.29, 1.82) is 0 Å². The molecule has 0 N–H and O–H groups in total. The van der Waals surface area contributed by atoms with Gasteiger partial charge in [0.2, 0.25) is 0 Å². The molecule has 1 aromatic rings. The van der Waals surface area contributed by atoms with E-state index in [-0.39, 0.29) is 5.78 Å². The minimum atomic E-state index is -1.05. The van der Waals surface area contributed by atoms with Gasteiger partial charge in [0.15, 0.2) is 11.4 Å². The molecule has 0 radical (unpaired) electrons. The van der Waals surface area contributed by atoms with Crippen molar-refractivity contribution in [3.8, 4) is 0 Å². The van der Waals surface area contributed by atoms with Crippen molar-refractivity contribution in [2.75, 3.05) is 0 Å². The van der Waals surface area contributed by atoms with E-state index in [1.165, 1.54) is 19.4 Å². The van der Waals surface area contributed by atoms with E-state index in [1.807, 2.05) is 12.1 Å². The number of rotatable bonds is 3. The topological polar surface area (TPSA) is 43.4 Å². The van der Waals surface area contributed by atoms with Crippen LogP contribution < -0.4 is 0 Å². The molecule has 1 aromatic carbocycles. The lowest BCUT2D eigenvalue weighted by atomic mass is 9.91. The number of fused-ring (bicyclic) bond motifs is 1. The number of hydrogen-bond acceptors (Lipinski definition) is 3. The van der Waals surface area contributed by atoms with Gasteiger partial charge in [0.25, 0.3) is 0 Å². The van der Waals surface area contributed by atoms with Crippen LogP contribution in [0.4, 0.5) is 0 Å². The summed E-state index contributed by atoms with van der Waals surface area (Å²) in [5.74, 6) is -0.502. The molecule has 0 aliphatic heterocycles. The summed E-state index contributed by atoms with van der Waals surface area (Å²) < 4.78 is 5.37. The third kappa shape index (κ3) is 1.94. The smallest absolute Gasteiger partial charge is 0.303 e. The zero-order valence-corrected chi connectivity index (χ0v) is 11.1. The standard InChI is InChI=1S/C15H18O3/c1-4-12-5-6-14-13(9-12)7-8-15(14,10(2)16)18-11(3)17/h5-6,9H,4,7-8H2,1-3H3. The molecule has 18 heavy (non-hydrogen) atoms. The molecule has 1 aliphatic rings. The van der Waals surface area contributed by atoms with E-state index in [1.54, 1.807) is 0 Å². The molecule has 0 heterocycles. The van der Waals surface area contributed by atoms with Crippen LogP contribution in [0.1, 0.15) is 43.9 Å². The largest absolute Gasteiger partial charge is 0.446 e. The van der Waals surface area contributed by atoms with Crippen molar-refractivity contribution in [2.24, 2.45) is 0 Å². The summed E-state index contributed by atoms with van der Waals surface area (Å²) in [6.07, 6.45) is 2.31. The van der Waals surface area contributed by atoms with Gasteiger partial charge in [-0.05, 0) is 30.9 Å². The lowest BCUT2D eigenvalue weighted by molar-refractivity contribution is -0.166. The third-order valence-electron chi connectivity index (χ3n) is 3.65. The predicted octanol–water partition coefficient (Wildman–Crippen LogP) is 2.54. The number of esters is 1. The fraction of sp³-hybridized carbons (Fsp3) is 0.467. The lowest BCUT2D eigenvalue weighted by Gasteiger charge is -2.27. The maximum atomic E-state index is 11.9. The van der Waals surface area contributed by atoms with Crippen molar-refractivity contribution in [3.63, 3.8) is 0 Å². The van der Waals surface area contributed by atoms with Gasteiger partial charge in [-0.25, -0.2) is 0 Å². The second-order valence-electron chi connectivity index (χ2n) is 4.82. The summed E-state index contributed by atoms with van der Waals surface area (Å²) in [5.41, 5.74) is 2.19. The lowest BCUT2D eigenvalue weighted by Crippen LogP contribution is -2.36. The van der Waals surface area contributed by atoms with E-state index in [4.69, 9.17) is 4.74 Å². The van der Waals surface area contributed by atoms with Crippen LogP contribution >= 0.6 is 0 Å². The third-order valence-corrected chi connectivity index (χ3v) is 3.65. The first-order valence-corrected chi connectivity index (χ1v) is 6.32. The molecule has 0 aromatic heterocycles. The van der Waals surface area contributed by atoms with E-state index in [9.17, 15) is 9.59 Å². The molecule has 3 heteroatoms. The molecule has 0 saturated carbocycles. The number of carbonyl (C=O) groups is 2. The molecular formula is C15H18O3. The monoisotopic (exact) mass is 246 g/mol. The van der Waals surface area contributed by atoms with Crippen LogP contribution in [0.2, 0.25) is 0 Å². The molecule has 0 bridgehead atoms. The van der Waals surface area contributed by atoms with E-state index in [0.717, 1.165) is 24.0 Å². The van der Waals surface area contributed by atoms with Gasteiger partial charge in [-0.2, -0.15) is 0 Å². The van der Waals surface area contributed by atoms with Crippen molar-refractivity contribution < 1.29 is 14.3 Å². The van der Waals surface area contributed by atoms with Gasteiger partial charge in [0, 0.05) is 18.9 Å². The Balaban J connectivity index is 2.49. The molecule has 0 fully saturated rings. The summed E-state index contributed by atoms with van der Waals surface area (Å²) in [7, 11) is 0. The van der Waals surface area contributed by atoms with Crippen molar-refractivity contribution in [2.45, 2.75) is 45.6 Å². The van der Waals surface area contributed by atoms with Crippen LogP contribution in [0.3, 0.4) is 0 Å². The average molecular weight is 246 g/mol. The van der Waals surface area contributed by atoms with Gasteiger partial charge in [-0.1, -0.05) is 25.1 Å². The molecule has 0 amide bonds. The minimum absolute atomic E-state index is 0.0966. The van der Waals surface area contributed by atoms with Crippen LogP contribution in [0.5, 0.6) is 0 Å². The minimum Gasteiger partial charge on any atom is -0.446 e. The van der Waals surface area contributed by atoms with Crippen LogP contribution in [0.25, 0.3) is 0 Å². The highest BCUT2D eigenvalue weighted by atomic mass is 16.6. The fourth-order valence-corrected chi connectivity index (χ4v) is 2.70. The van der Waals surface area contributed by atoms with E-state index >= 15 is 0 Å². The molecule has 1 unspecified atom stereocenters. The first-order chi connectivity index (χ1) is 8.49. The maximum absolute atomic E-state index is 11.9. The number of Topliss-reactive ketones (excluding diaryl/α,β-unsaturated/α-hetero) is 1. The first kappa shape index (κ1) is 12.8. The Morgan fingerprint density at radius 2 is 2.06 bits per heavy atom. The highest BCUT2D eigenvalue weighted by Crippen LogP contribution is 2.41. The normalized spacial score (nSPS) is 21.5. The Morgan fingerprint density at radius 3 is 2.61 bits per heavy atom. The molecule has 96 valence electrons. The molecule has 3 nitrogen and oxygen atoms in total. The molecule has 2 rings (SSSR count). The van der Waals surface area contributed by atoms with Crippen molar-refractivity contribution in [1.82, 2.24) is 0 Å². The van der Waals surface area contributed by atoms with Gasteiger partial charge in [-0.15, -0.1) is 0 Å².